The first-order valence-corrected chi connectivity index (χ1v) is 6.07. The van der Waals surface area contributed by atoms with Gasteiger partial charge in [0.25, 0.3) is 5.91 Å². The van der Waals surface area contributed by atoms with Gasteiger partial charge in [-0.2, -0.15) is 0 Å². The van der Waals surface area contributed by atoms with E-state index in [1.54, 1.807) is 4.90 Å². The molecule has 0 aromatic heterocycles. The molecule has 1 heterocycles. The highest BCUT2D eigenvalue weighted by atomic mass is 127. The molecule has 2 rings (SSSR count). The van der Waals surface area contributed by atoms with Crippen LogP contribution in [0.4, 0.5) is 0 Å². The maximum absolute atomic E-state index is 11.5. The first kappa shape index (κ1) is 11.7. The number of aliphatic hydroxyl groups is 1. The summed E-state index contributed by atoms with van der Waals surface area (Å²) in [5.41, 5.74) is 0. The number of hydrogen-bond acceptors (Lipinski definition) is 3. The Morgan fingerprint density at radius 2 is 2.06 bits per heavy atom. The fourth-order valence-electron chi connectivity index (χ4n) is 1.43. The maximum Gasteiger partial charge on any atom is 0.260 e. The van der Waals surface area contributed by atoms with E-state index in [0.29, 0.717) is 18.8 Å². The summed E-state index contributed by atoms with van der Waals surface area (Å²) in [5.74, 6) is 0.610. The van der Waals surface area contributed by atoms with Gasteiger partial charge in [-0.15, -0.1) is 0 Å². The number of nitrogens with zero attached hydrogens (tertiary/aromatic N) is 1. The molecule has 0 bridgehead atoms. The van der Waals surface area contributed by atoms with Gasteiger partial charge >= 0.3 is 0 Å². The van der Waals surface area contributed by atoms with Crippen molar-refractivity contribution < 1.29 is 14.6 Å². The van der Waals surface area contributed by atoms with Crippen LogP contribution in [-0.2, 0) is 4.79 Å². The predicted octanol–water partition coefficient (Wildman–Crippen LogP) is 0.873. The molecule has 16 heavy (non-hydrogen) atoms. The van der Waals surface area contributed by atoms with Crippen LogP contribution in [0.1, 0.15) is 0 Å². The third-order valence-corrected chi connectivity index (χ3v) is 3.11. The zero-order chi connectivity index (χ0) is 11.5. The molecule has 1 amide bonds. The summed E-state index contributed by atoms with van der Waals surface area (Å²) in [6, 6.07) is 7.52. The van der Waals surface area contributed by atoms with Gasteiger partial charge in [0.2, 0.25) is 0 Å². The predicted molar refractivity (Wildman–Crippen MR) is 67.2 cm³/mol. The molecule has 0 spiro atoms. The van der Waals surface area contributed by atoms with E-state index in [2.05, 4.69) is 22.6 Å². The van der Waals surface area contributed by atoms with E-state index >= 15 is 0 Å². The lowest BCUT2D eigenvalue weighted by Gasteiger charge is -2.35. The molecule has 0 saturated carbocycles. The number of carbonyl (C=O) groups is 1. The first-order valence-electron chi connectivity index (χ1n) is 4.99. The van der Waals surface area contributed by atoms with Gasteiger partial charge in [0.05, 0.1) is 6.10 Å². The van der Waals surface area contributed by atoms with E-state index in [0.717, 1.165) is 3.57 Å². The van der Waals surface area contributed by atoms with Gasteiger partial charge in [-0.05, 0) is 46.9 Å². The second-order valence-electron chi connectivity index (χ2n) is 3.70. The van der Waals surface area contributed by atoms with Crippen LogP contribution in [0.3, 0.4) is 0 Å². The molecule has 1 saturated heterocycles. The molecule has 1 aromatic carbocycles. The Balaban J connectivity index is 1.79. The molecular weight excluding hydrogens is 321 g/mol. The second kappa shape index (κ2) is 5.01. The summed E-state index contributed by atoms with van der Waals surface area (Å²) in [6.45, 7) is 0.886. The molecule has 5 heteroatoms. The summed E-state index contributed by atoms with van der Waals surface area (Å²) in [7, 11) is 0. The minimum Gasteiger partial charge on any atom is -0.484 e. The molecule has 0 unspecified atom stereocenters. The molecular formula is C11H12INO3. The Morgan fingerprint density at radius 3 is 2.62 bits per heavy atom. The smallest absolute Gasteiger partial charge is 0.260 e. The SMILES string of the molecule is O=C(COc1ccc(I)cc1)N1CC(O)C1. The second-order valence-corrected chi connectivity index (χ2v) is 4.94. The lowest BCUT2D eigenvalue weighted by atomic mass is 10.2. The summed E-state index contributed by atoms with van der Waals surface area (Å²) < 4.78 is 6.47. The van der Waals surface area contributed by atoms with Crippen molar-refractivity contribution in [2.45, 2.75) is 6.10 Å². The lowest BCUT2D eigenvalue weighted by Crippen LogP contribution is -2.54. The van der Waals surface area contributed by atoms with Crippen molar-refractivity contribution in [3.05, 3.63) is 27.8 Å². The van der Waals surface area contributed by atoms with E-state index in [1.807, 2.05) is 24.3 Å². The zero-order valence-corrected chi connectivity index (χ0v) is 10.8. The van der Waals surface area contributed by atoms with Gasteiger partial charge in [-0.1, -0.05) is 0 Å². The van der Waals surface area contributed by atoms with Crippen LogP contribution in [0.2, 0.25) is 0 Å². The van der Waals surface area contributed by atoms with Gasteiger partial charge in [0, 0.05) is 16.7 Å². The Bertz CT molecular complexity index is 373. The van der Waals surface area contributed by atoms with Crippen molar-refractivity contribution in [1.29, 1.82) is 0 Å². The molecule has 0 aliphatic carbocycles. The maximum atomic E-state index is 11.5. The van der Waals surface area contributed by atoms with E-state index in [-0.39, 0.29) is 18.6 Å². The number of hydrogen-bond donors (Lipinski definition) is 1. The number of ether oxygens (including phenoxy) is 1. The quantitative estimate of drug-likeness (QED) is 0.836. The molecule has 1 aliphatic heterocycles. The first-order chi connectivity index (χ1) is 7.65. The summed E-state index contributed by atoms with van der Waals surface area (Å²) >= 11 is 2.21. The van der Waals surface area contributed by atoms with Crippen molar-refractivity contribution in [3.63, 3.8) is 0 Å². The molecule has 86 valence electrons. The third-order valence-electron chi connectivity index (χ3n) is 2.39. The van der Waals surface area contributed by atoms with Crippen LogP contribution in [0, 0.1) is 3.57 Å². The molecule has 0 atom stereocenters. The van der Waals surface area contributed by atoms with Crippen LogP contribution >= 0.6 is 22.6 Å². The number of benzene rings is 1. The summed E-state index contributed by atoms with van der Waals surface area (Å²) in [4.78, 5) is 13.1. The highest BCUT2D eigenvalue weighted by Gasteiger charge is 2.28. The van der Waals surface area contributed by atoms with E-state index in [1.165, 1.54) is 0 Å². The van der Waals surface area contributed by atoms with E-state index in [4.69, 9.17) is 9.84 Å². The van der Waals surface area contributed by atoms with Gasteiger partial charge in [-0.25, -0.2) is 0 Å². The molecule has 0 radical (unpaired) electrons. The largest absolute Gasteiger partial charge is 0.484 e. The summed E-state index contributed by atoms with van der Waals surface area (Å²) in [5, 5.41) is 9.05. The number of β-amino-alcohol motifs (C(OH)–C–C–N with tert-alkyl or cyclic N) is 1. The van der Waals surface area contributed by atoms with Crippen LogP contribution in [0.15, 0.2) is 24.3 Å². The summed E-state index contributed by atoms with van der Waals surface area (Å²) in [6.07, 6.45) is -0.359. The monoisotopic (exact) mass is 333 g/mol. The number of likely N-dealkylation sites (tertiary alicyclic amines) is 1. The minimum atomic E-state index is -0.359. The van der Waals surface area contributed by atoms with Gasteiger partial charge in [0.15, 0.2) is 6.61 Å². The van der Waals surface area contributed by atoms with Crippen LogP contribution in [0.5, 0.6) is 5.75 Å². The molecule has 1 aromatic rings. The molecule has 1 N–H and O–H groups in total. The zero-order valence-electron chi connectivity index (χ0n) is 8.60. The fourth-order valence-corrected chi connectivity index (χ4v) is 1.79. The number of halogens is 1. The van der Waals surface area contributed by atoms with Crippen molar-refractivity contribution in [3.8, 4) is 5.75 Å². The van der Waals surface area contributed by atoms with Crippen LogP contribution < -0.4 is 4.74 Å². The average Bonchev–Trinajstić information content (AvgIpc) is 2.24. The number of aliphatic hydroxyl groups excluding tert-OH is 1. The number of amides is 1. The lowest BCUT2D eigenvalue weighted by molar-refractivity contribution is -0.143. The Labute approximate surface area is 107 Å². The number of rotatable bonds is 3. The number of carbonyl (C=O) groups excluding carboxylic acids is 1. The Morgan fingerprint density at radius 1 is 1.44 bits per heavy atom. The van der Waals surface area contributed by atoms with Gasteiger partial charge in [-0.3, -0.25) is 4.79 Å². The van der Waals surface area contributed by atoms with E-state index < -0.39 is 0 Å². The third kappa shape index (κ3) is 2.85. The molecule has 4 nitrogen and oxygen atoms in total. The standard InChI is InChI=1S/C11H12INO3/c12-8-1-3-10(4-2-8)16-7-11(15)13-5-9(14)6-13/h1-4,9,14H,5-7H2. The normalized spacial score (nSPS) is 15.8. The van der Waals surface area contributed by atoms with Crippen molar-refractivity contribution in [2.24, 2.45) is 0 Å². The highest BCUT2D eigenvalue weighted by Crippen LogP contribution is 2.14. The molecule has 1 fully saturated rings. The minimum absolute atomic E-state index is 0.0350. The van der Waals surface area contributed by atoms with Crippen LogP contribution in [0.25, 0.3) is 0 Å². The van der Waals surface area contributed by atoms with Gasteiger partial charge < -0.3 is 14.7 Å². The Kier molecular flexibility index (Phi) is 3.65. The van der Waals surface area contributed by atoms with Crippen LogP contribution in [-0.4, -0.2) is 41.7 Å². The molecule has 1 aliphatic rings. The van der Waals surface area contributed by atoms with Crippen molar-refractivity contribution >= 4 is 28.5 Å². The van der Waals surface area contributed by atoms with E-state index in [9.17, 15) is 4.79 Å². The fraction of sp³-hybridized carbons (Fsp3) is 0.364. The highest BCUT2D eigenvalue weighted by molar-refractivity contribution is 14.1. The van der Waals surface area contributed by atoms with Crippen molar-refractivity contribution in [1.82, 2.24) is 4.90 Å². The average molecular weight is 333 g/mol. The van der Waals surface area contributed by atoms with Crippen molar-refractivity contribution in [2.75, 3.05) is 19.7 Å². The topological polar surface area (TPSA) is 49.8 Å². The van der Waals surface area contributed by atoms with Gasteiger partial charge in [0.1, 0.15) is 5.75 Å². The Hall–Kier alpha value is -0.820.